The van der Waals surface area contributed by atoms with Gasteiger partial charge in [-0.05, 0) is 44.4 Å². The highest BCUT2D eigenvalue weighted by Crippen LogP contribution is 2.37. The van der Waals surface area contributed by atoms with E-state index >= 15 is 0 Å². The van der Waals surface area contributed by atoms with Crippen molar-refractivity contribution in [2.75, 3.05) is 13.1 Å². The Morgan fingerprint density at radius 1 is 1.39 bits per heavy atom. The fourth-order valence-electron chi connectivity index (χ4n) is 3.46. The quantitative estimate of drug-likeness (QED) is 0.815. The minimum Gasteiger partial charge on any atom is -0.352 e. The van der Waals surface area contributed by atoms with E-state index in [1.165, 1.54) is 38.6 Å². The molecule has 1 aliphatic carbocycles. The second-order valence-corrected chi connectivity index (χ2v) is 6.32. The number of nitrogens with zero attached hydrogens (tertiary/aromatic N) is 1. The van der Waals surface area contributed by atoms with Crippen LogP contribution in [0.25, 0.3) is 0 Å². The van der Waals surface area contributed by atoms with E-state index in [0.717, 1.165) is 18.4 Å². The van der Waals surface area contributed by atoms with Gasteiger partial charge >= 0.3 is 0 Å². The number of nitrogens with one attached hydrogen (secondary N) is 1. The van der Waals surface area contributed by atoms with E-state index < -0.39 is 0 Å². The average Bonchev–Trinajstić information content (AvgIpc) is 3.11. The van der Waals surface area contributed by atoms with Gasteiger partial charge in [-0.15, -0.1) is 0 Å². The molecule has 3 nitrogen and oxygen atoms in total. The van der Waals surface area contributed by atoms with Gasteiger partial charge in [0.2, 0.25) is 5.91 Å². The fraction of sp³-hybridized carbons (Fsp3) is 0.933. The third-order valence-electron chi connectivity index (χ3n) is 4.55. The number of carbonyl (C=O) groups is 1. The van der Waals surface area contributed by atoms with Crippen molar-refractivity contribution < 1.29 is 4.79 Å². The van der Waals surface area contributed by atoms with Gasteiger partial charge in [0.15, 0.2) is 0 Å². The van der Waals surface area contributed by atoms with Crippen molar-refractivity contribution in [2.45, 2.75) is 65.0 Å². The highest BCUT2D eigenvalue weighted by Gasteiger charge is 2.36. The molecule has 1 heterocycles. The van der Waals surface area contributed by atoms with Crippen molar-refractivity contribution in [2.24, 2.45) is 11.8 Å². The van der Waals surface area contributed by atoms with Crippen molar-refractivity contribution in [3.05, 3.63) is 0 Å². The zero-order valence-corrected chi connectivity index (χ0v) is 12.1. The molecule has 1 saturated carbocycles. The Labute approximate surface area is 111 Å². The minimum absolute atomic E-state index is 0.121. The Bertz CT molecular complexity index is 288. The first-order chi connectivity index (χ1) is 8.60. The Hall–Kier alpha value is -0.570. The van der Waals surface area contributed by atoms with Crippen LogP contribution in [-0.2, 0) is 4.79 Å². The van der Waals surface area contributed by atoms with E-state index in [1.807, 2.05) is 0 Å². The first kappa shape index (κ1) is 13.9. The van der Waals surface area contributed by atoms with Gasteiger partial charge in [0.1, 0.15) is 0 Å². The van der Waals surface area contributed by atoms with Crippen LogP contribution in [0.3, 0.4) is 0 Å². The molecule has 2 fully saturated rings. The Morgan fingerprint density at radius 2 is 2.11 bits per heavy atom. The molecule has 0 aromatic rings. The van der Waals surface area contributed by atoms with Crippen LogP contribution in [0.2, 0.25) is 0 Å². The van der Waals surface area contributed by atoms with Crippen molar-refractivity contribution in [1.29, 1.82) is 0 Å². The van der Waals surface area contributed by atoms with E-state index in [1.54, 1.807) is 6.92 Å². The largest absolute Gasteiger partial charge is 0.352 e. The third-order valence-corrected chi connectivity index (χ3v) is 4.55. The first-order valence-electron chi connectivity index (χ1n) is 7.61. The van der Waals surface area contributed by atoms with Gasteiger partial charge in [-0.25, -0.2) is 0 Å². The lowest BCUT2D eigenvalue weighted by molar-refractivity contribution is -0.120. The fourth-order valence-corrected chi connectivity index (χ4v) is 3.46. The second-order valence-electron chi connectivity index (χ2n) is 6.32. The number of piperidine rings is 1. The number of rotatable bonds is 5. The van der Waals surface area contributed by atoms with Gasteiger partial charge in [-0.3, -0.25) is 9.69 Å². The Balaban J connectivity index is 1.93. The number of amides is 1. The van der Waals surface area contributed by atoms with Crippen LogP contribution in [0, 0.1) is 11.8 Å². The van der Waals surface area contributed by atoms with Crippen LogP contribution in [0.5, 0.6) is 0 Å². The molecule has 3 heteroatoms. The molecule has 18 heavy (non-hydrogen) atoms. The summed E-state index contributed by atoms with van der Waals surface area (Å²) in [6.45, 7) is 8.56. The summed E-state index contributed by atoms with van der Waals surface area (Å²) in [5.41, 5.74) is 0. The lowest BCUT2D eigenvalue weighted by Crippen LogP contribution is -2.53. The van der Waals surface area contributed by atoms with Crippen molar-refractivity contribution in [3.63, 3.8) is 0 Å². The topological polar surface area (TPSA) is 32.3 Å². The number of likely N-dealkylation sites (tertiary alicyclic amines) is 1. The molecule has 1 N–H and O–H groups in total. The summed E-state index contributed by atoms with van der Waals surface area (Å²) in [5, 5.41) is 3.13. The summed E-state index contributed by atoms with van der Waals surface area (Å²) in [5.74, 6) is 1.81. The van der Waals surface area contributed by atoms with Crippen molar-refractivity contribution in [1.82, 2.24) is 10.2 Å². The number of hydrogen-bond acceptors (Lipinski definition) is 2. The summed E-state index contributed by atoms with van der Waals surface area (Å²) in [7, 11) is 0. The number of hydrogen-bond donors (Lipinski definition) is 1. The molecule has 1 aliphatic heterocycles. The molecule has 1 saturated heterocycles. The normalized spacial score (nSPS) is 31.1. The molecular weight excluding hydrogens is 224 g/mol. The second kappa shape index (κ2) is 6.05. The van der Waals surface area contributed by atoms with Crippen LogP contribution in [-0.4, -0.2) is 36.0 Å². The van der Waals surface area contributed by atoms with Crippen LogP contribution in [0.15, 0.2) is 0 Å². The smallest absolute Gasteiger partial charge is 0.217 e. The lowest BCUT2D eigenvalue weighted by atomic mass is 9.89. The molecule has 2 aliphatic rings. The van der Waals surface area contributed by atoms with E-state index in [4.69, 9.17) is 0 Å². The molecule has 0 aromatic carbocycles. The molecule has 3 atom stereocenters. The van der Waals surface area contributed by atoms with E-state index in [2.05, 4.69) is 24.1 Å². The molecule has 104 valence electrons. The molecule has 0 bridgehead atoms. The van der Waals surface area contributed by atoms with E-state index in [-0.39, 0.29) is 5.91 Å². The molecule has 0 spiro atoms. The number of carbonyl (C=O) groups excluding carboxylic acids is 1. The molecule has 1 amide bonds. The van der Waals surface area contributed by atoms with Crippen LogP contribution in [0.1, 0.15) is 52.9 Å². The molecule has 3 unspecified atom stereocenters. The Kier molecular flexibility index (Phi) is 4.66. The van der Waals surface area contributed by atoms with E-state index in [9.17, 15) is 4.79 Å². The monoisotopic (exact) mass is 252 g/mol. The highest BCUT2D eigenvalue weighted by molar-refractivity contribution is 5.73. The summed E-state index contributed by atoms with van der Waals surface area (Å²) >= 11 is 0. The maximum atomic E-state index is 11.3. The van der Waals surface area contributed by atoms with Crippen molar-refractivity contribution in [3.8, 4) is 0 Å². The summed E-state index contributed by atoms with van der Waals surface area (Å²) in [4.78, 5) is 13.9. The van der Waals surface area contributed by atoms with Crippen molar-refractivity contribution >= 4 is 5.91 Å². The van der Waals surface area contributed by atoms with Crippen LogP contribution < -0.4 is 5.32 Å². The van der Waals surface area contributed by atoms with Crippen LogP contribution >= 0.6 is 0 Å². The SMILES string of the molecule is CCCC1CC(NC(C)=O)CN(C(C)C2CC2)C1. The third kappa shape index (κ3) is 3.71. The maximum Gasteiger partial charge on any atom is 0.217 e. The summed E-state index contributed by atoms with van der Waals surface area (Å²) in [6, 6.07) is 1.08. The minimum atomic E-state index is 0.121. The zero-order valence-electron chi connectivity index (χ0n) is 12.1. The lowest BCUT2D eigenvalue weighted by Gasteiger charge is -2.41. The van der Waals surface area contributed by atoms with Gasteiger partial charge in [-0.1, -0.05) is 13.3 Å². The summed E-state index contributed by atoms with van der Waals surface area (Å²) < 4.78 is 0. The molecule has 0 aromatic heterocycles. The van der Waals surface area contributed by atoms with Gasteiger partial charge in [-0.2, -0.15) is 0 Å². The Morgan fingerprint density at radius 3 is 2.67 bits per heavy atom. The predicted octanol–water partition coefficient (Wildman–Crippen LogP) is 2.41. The van der Waals surface area contributed by atoms with Gasteiger partial charge in [0.25, 0.3) is 0 Å². The summed E-state index contributed by atoms with van der Waals surface area (Å²) in [6.07, 6.45) is 6.52. The van der Waals surface area contributed by atoms with Gasteiger partial charge < -0.3 is 5.32 Å². The van der Waals surface area contributed by atoms with Crippen LogP contribution in [0.4, 0.5) is 0 Å². The highest BCUT2D eigenvalue weighted by atomic mass is 16.1. The molecular formula is C15H28N2O. The molecule has 2 rings (SSSR count). The zero-order chi connectivity index (χ0) is 13.1. The first-order valence-corrected chi connectivity index (χ1v) is 7.61. The molecule has 0 radical (unpaired) electrons. The van der Waals surface area contributed by atoms with E-state index in [0.29, 0.717) is 12.1 Å². The standard InChI is InChI=1S/C15H28N2O/c1-4-5-13-8-15(16-12(3)18)10-17(9-13)11(2)14-6-7-14/h11,13-15H,4-10H2,1-3H3,(H,16,18). The predicted molar refractivity (Wildman–Crippen MR) is 74.4 cm³/mol. The average molecular weight is 252 g/mol. The maximum absolute atomic E-state index is 11.3. The van der Waals surface area contributed by atoms with Gasteiger partial charge in [0, 0.05) is 32.1 Å². The van der Waals surface area contributed by atoms with Gasteiger partial charge in [0.05, 0.1) is 0 Å².